The van der Waals surface area contributed by atoms with E-state index in [2.05, 4.69) is 13.2 Å². The van der Waals surface area contributed by atoms with Crippen LogP contribution >= 0.6 is 0 Å². The highest BCUT2D eigenvalue weighted by Crippen LogP contribution is 1.98. The minimum absolute atomic E-state index is 0.278. The first-order valence-corrected chi connectivity index (χ1v) is 5.83. The van der Waals surface area contributed by atoms with E-state index in [0.29, 0.717) is 19.8 Å². The summed E-state index contributed by atoms with van der Waals surface area (Å²) in [7, 11) is 0. The lowest BCUT2D eigenvalue weighted by Crippen LogP contribution is -2.28. The molecule has 0 saturated heterocycles. The molecule has 0 aliphatic carbocycles. The molecule has 0 aromatic rings. The molecule has 0 saturated carbocycles. The van der Waals surface area contributed by atoms with Crippen molar-refractivity contribution in [2.75, 3.05) is 26.4 Å². The summed E-state index contributed by atoms with van der Waals surface area (Å²) >= 11 is 0. The van der Waals surface area contributed by atoms with Gasteiger partial charge in [-0.3, -0.25) is 0 Å². The average molecular weight is 254 g/mol. The minimum Gasteiger partial charge on any atom is -0.454 e. The number of allylic oxidation sites excluding steroid dienone is 1. The van der Waals surface area contributed by atoms with Gasteiger partial charge in [0.05, 0.1) is 26.4 Å². The summed E-state index contributed by atoms with van der Waals surface area (Å²) in [6.07, 6.45) is 4.28. The molecule has 18 heavy (non-hydrogen) atoms. The Kier molecular flexibility index (Phi) is 9.91. The van der Waals surface area contributed by atoms with E-state index in [0.717, 1.165) is 6.08 Å². The molecule has 1 unspecified atom stereocenters. The monoisotopic (exact) mass is 254 g/mol. The van der Waals surface area contributed by atoms with Crippen LogP contribution in [0.2, 0.25) is 0 Å². The first-order chi connectivity index (χ1) is 8.60. The zero-order valence-corrected chi connectivity index (χ0v) is 11.2. The van der Waals surface area contributed by atoms with Crippen molar-refractivity contribution < 1.29 is 19.0 Å². The summed E-state index contributed by atoms with van der Waals surface area (Å²) < 4.78 is 15.7. The molecule has 0 amide bonds. The fourth-order valence-corrected chi connectivity index (χ4v) is 1.04. The van der Waals surface area contributed by atoms with Crippen LogP contribution in [-0.4, -0.2) is 38.5 Å². The van der Waals surface area contributed by atoms with Crippen molar-refractivity contribution >= 4 is 5.97 Å². The van der Waals surface area contributed by atoms with Crippen LogP contribution in [-0.2, 0) is 19.0 Å². The summed E-state index contributed by atoms with van der Waals surface area (Å²) in [6.45, 7) is 12.3. The maximum atomic E-state index is 11.1. The topological polar surface area (TPSA) is 44.8 Å². The number of hydrogen-bond donors (Lipinski definition) is 0. The molecular formula is C14H22O4. The van der Waals surface area contributed by atoms with Gasteiger partial charge in [-0.05, 0) is 13.8 Å². The van der Waals surface area contributed by atoms with E-state index < -0.39 is 12.1 Å². The van der Waals surface area contributed by atoms with Crippen LogP contribution in [0.4, 0.5) is 0 Å². The van der Waals surface area contributed by atoms with Crippen molar-refractivity contribution in [3.05, 3.63) is 37.0 Å². The van der Waals surface area contributed by atoms with E-state index in [1.54, 1.807) is 6.08 Å². The van der Waals surface area contributed by atoms with Gasteiger partial charge < -0.3 is 14.2 Å². The van der Waals surface area contributed by atoms with E-state index in [-0.39, 0.29) is 6.61 Å². The van der Waals surface area contributed by atoms with E-state index >= 15 is 0 Å². The lowest BCUT2D eigenvalue weighted by Gasteiger charge is -2.16. The van der Waals surface area contributed by atoms with Crippen LogP contribution in [0.25, 0.3) is 0 Å². The third-order valence-corrected chi connectivity index (χ3v) is 1.90. The van der Waals surface area contributed by atoms with E-state index in [4.69, 9.17) is 14.2 Å². The number of hydrogen-bond acceptors (Lipinski definition) is 4. The van der Waals surface area contributed by atoms with Crippen molar-refractivity contribution in [2.45, 2.75) is 20.0 Å². The molecule has 0 aromatic heterocycles. The Bertz CT molecular complexity index is 290. The van der Waals surface area contributed by atoms with Crippen LogP contribution in [0.5, 0.6) is 0 Å². The lowest BCUT2D eigenvalue weighted by molar-refractivity contribution is -0.149. The predicted molar refractivity (Wildman–Crippen MR) is 71.3 cm³/mol. The predicted octanol–water partition coefficient (Wildman–Crippen LogP) is 2.27. The van der Waals surface area contributed by atoms with Gasteiger partial charge in [0.1, 0.15) is 6.10 Å². The van der Waals surface area contributed by atoms with Gasteiger partial charge in [-0.15, -0.1) is 6.58 Å². The maximum absolute atomic E-state index is 11.1. The van der Waals surface area contributed by atoms with Crippen molar-refractivity contribution in [3.63, 3.8) is 0 Å². The average Bonchev–Trinajstić information content (AvgIpc) is 2.34. The molecule has 4 nitrogen and oxygen atoms in total. The Labute approximate surface area is 109 Å². The number of carbonyl (C=O) groups is 1. The molecule has 0 heterocycles. The van der Waals surface area contributed by atoms with E-state index in [1.807, 2.05) is 19.9 Å². The molecule has 0 radical (unpaired) electrons. The summed E-state index contributed by atoms with van der Waals surface area (Å²) in [4.78, 5) is 11.1. The number of esters is 1. The van der Waals surface area contributed by atoms with Gasteiger partial charge in [0.2, 0.25) is 0 Å². The van der Waals surface area contributed by atoms with Gasteiger partial charge in [-0.25, -0.2) is 4.79 Å². The molecule has 0 fully saturated rings. The quantitative estimate of drug-likeness (QED) is 0.260. The molecule has 102 valence electrons. The normalized spacial score (nSPS) is 11.4. The van der Waals surface area contributed by atoms with Crippen molar-refractivity contribution in [2.24, 2.45) is 0 Å². The van der Waals surface area contributed by atoms with Gasteiger partial charge in [-0.1, -0.05) is 24.3 Å². The van der Waals surface area contributed by atoms with Gasteiger partial charge in [0, 0.05) is 6.08 Å². The Morgan fingerprint density at radius 3 is 2.28 bits per heavy atom. The molecule has 0 N–H and O–H groups in total. The number of rotatable bonds is 10. The second kappa shape index (κ2) is 10.7. The molecule has 0 bridgehead atoms. The first kappa shape index (κ1) is 16.6. The van der Waals surface area contributed by atoms with Crippen LogP contribution in [0.3, 0.4) is 0 Å². The van der Waals surface area contributed by atoms with Gasteiger partial charge in [-0.2, -0.15) is 0 Å². The number of carbonyl (C=O) groups excluding carboxylic acids is 1. The van der Waals surface area contributed by atoms with Gasteiger partial charge in [0.25, 0.3) is 0 Å². The van der Waals surface area contributed by atoms with Gasteiger partial charge in [0.15, 0.2) is 0 Å². The largest absolute Gasteiger partial charge is 0.454 e. The molecule has 0 rings (SSSR count). The van der Waals surface area contributed by atoms with E-state index in [9.17, 15) is 4.79 Å². The fraction of sp³-hybridized carbons (Fsp3) is 0.500. The Morgan fingerprint density at radius 2 is 1.78 bits per heavy atom. The zero-order chi connectivity index (χ0) is 13.8. The highest BCUT2D eigenvalue weighted by Gasteiger charge is 2.12. The third-order valence-electron chi connectivity index (χ3n) is 1.90. The Hall–Kier alpha value is -1.39. The molecule has 4 heteroatoms. The highest BCUT2D eigenvalue weighted by atomic mass is 16.6. The molecule has 0 aromatic carbocycles. The molecule has 0 spiro atoms. The third kappa shape index (κ3) is 9.81. The van der Waals surface area contributed by atoms with Gasteiger partial charge >= 0.3 is 5.97 Å². The van der Waals surface area contributed by atoms with Crippen LogP contribution in [0.15, 0.2) is 37.0 Å². The van der Waals surface area contributed by atoms with Crippen molar-refractivity contribution in [3.8, 4) is 0 Å². The lowest BCUT2D eigenvalue weighted by atomic mass is 10.3. The maximum Gasteiger partial charge on any atom is 0.330 e. The summed E-state index contributed by atoms with van der Waals surface area (Å²) in [5.41, 5.74) is 1.18. The molecule has 1 atom stereocenters. The van der Waals surface area contributed by atoms with Crippen LogP contribution in [0.1, 0.15) is 13.8 Å². The summed E-state index contributed by atoms with van der Waals surface area (Å²) in [6, 6.07) is 0. The first-order valence-electron chi connectivity index (χ1n) is 5.83. The second-order valence-electron chi connectivity index (χ2n) is 3.91. The Morgan fingerprint density at radius 1 is 1.17 bits per heavy atom. The van der Waals surface area contributed by atoms with E-state index in [1.165, 1.54) is 5.57 Å². The summed E-state index contributed by atoms with van der Waals surface area (Å²) in [5, 5.41) is 0. The molecule has 0 aliphatic rings. The van der Waals surface area contributed by atoms with Crippen LogP contribution < -0.4 is 0 Å². The number of ether oxygens (including phenoxy) is 3. The standard InChI is InChI=1S/C14H22O4/c1-5-8-16-10-13(18-14(15)6-2)11-17-9-7-12(3)4/h5-7,13H,1-2,8-11H2,3-4H3. The Balaban J connectivity index is 4.02. The SMILES string of the molecule is C=CCOCC(COCC=C(C)C)OC(=O)C=C. The van der Waals surface area contributed by atoms with Crippen LogP contribution in [0, 0.1) is 0 Å². The summed E-state index contributed by atoms with van der Waals surface area (Å²) in [5.74, 6) is -0.479. The molecular weight excluding hydrogens is 232 g/mol. The molecule has 0 aliphatic heterocycles. The smallest absolute Gasteiger partial charge is 0.330 e. The highest BCUT2D eigenvalue weighted by molar-refractivity contribution is 5.81. The van der Waals surface area contributed by atoms with Crippen molar-refractivity contribution in [1.82, 2.24) is 0 Å². The minimum atomic E-state index is -0.479. The zero-order valence-electron chi connectivity index (χ0n) is 11.2. The second-order valence-corrected chi connectivity index (χ2v) is 3.91. The van der Waals surface area contributed by atoms with Crippen molar-refractivity contribution in [1.29, 1.82) is 0 Å². The fourth-order valence-electron chi connectivity index (χ4n) is 1.04.